The van der Waals surface area contributed by atoms with Crippen LogP contribution in [0.15, 0.2) is 0 Å². The lowest BCUT2D eigenvalue weighted by molar-refractivity contribution is -0.126. The number of nitrogens with zero attached hydrogens (tertiary/aromatic N) is 1. The molecule has 3 N–H and O–H groups in total. The van der Waals surface area contributed by atoms with Gasteiger partial charge in [-0.15, -0.1) is 0 Å². The number of rotatable bonds is 3. The van der Waals surface area contributed by atoms with Crippen molar-refractivity contribution >= 4 is 11.8 Å². The summed E-state index contributed by atoms with van der Waals surface area (Å²) in [5.41, 5.74) is 4.50. The van der Waals surface area contributed by atoms with Gasteiger partial charge < -0.3 is 16.0 Å². The topological polar surface area (TPSA) is 75.4 Å². The number of unbranched alkanes of at least 4 members (excludes halogenated alkanes) is 1. The van der Waals surface area contributed by atoms with E-state index in [0.717, 1.165) is 32.2 Å². The van der Waals surface area contributed by atoms with Crippen LogP contribution in [0.3, 0.4) is 0 Å². The summed E-state index contributed by atoms with van der Waals surface area (Å²) in [6, 6.07) is 0. The van der Waals surface area contributed by atoms with Crippen molar-refractivity contribution in [2.75, 3.05) is 27.7 Å². The molecule has 0 aliphatic carbocycles. The van der Waals surface area contributed by atoms with Crippen molar-refractivity contribution in [2.45, 2.75) is 80.6 Å². The smallest absolute Gasteiger partial charge is 0.222 e. The van der Waals surface area contributed by atoms with Crippen molar-refractivity contribution in [1.82, 2.24) is 10.2 Å². The van der Waals surface area contributed by atoms with Gasteiger partial charge in [-0.05, 0) is 19.9 Å². The molecule has 0 radical (unpaired) electrons. The maximum absolute atomic E-state index is 10.5. The SMILES string of the molecule is CC.CC.CC.CCCCC(=O)NC.CN.CN1CCCC1=O. The molecule has 1 heterocycles. The zero-order chi connectivity index (χ0) is 19.7. The highest BCUT2D eigenvalue weighted by atomic mass is 16.2. The molecule has 2 amide bonds. The third kappa shape index (κ3) is 33.6. The van der Waals surface area contributed by atoms with Gasteiger partial charge in [0.25, 0.3) is 0 Å². The van der Waals surface area contributed by atoms with Gasteiger partial charge in [-0.25, -0.2) is 0 Å². The van der Waals surface area contributed by atoms with Gasteiger partial charge in [0, 0.05) is 33.5 Å². The maximum atomic E-state index is 10.5. The summed E-state index contributed by atoms with van der Waals surface area (Å²) in [5.74, 6) is 0.437. The summed E-state index contributed by atoms with van der Waals surface area (Å²) in [5, 5.41) is 2.56. The predicted octanol–water partition coefficient (Wildman–Crippen LogP) is 3.81. The van der Waals surface area contributed by atoms with Gasteiger partial charge in [-0.1, -0.05) is 54.9 Å². The summed E-state index contributed by atoms with van der Waals surface area (Å²) in [4.78, 5) is 22.7. The van der Waals surface area contributed by atoms with Gasteiger partial charge in [0.1, 0.15) is 0 Å². The number of nitrogens with two attached hydrogens (primary N) is 1. The number of likely N-dealkylation sites (tertiary alicyclic amines) is 1. The number of amides is 2. The fourth-order valence-corrected chi connectivity index (χ4v) is 1.25. The first-order chi connectivity index (χ1) is 11.1. The number of carbonyl (C=O) groups is 2. The second-order valence-electron chi connectivity index (χ2n) is 3.70. The van der Waals surface area contributed by atoms with Crippen LogP contribution >= 0.6 is 0 Å². The largest absolute Gasteiger partial charge is 0.359 e. The summed E-state index contributed by atoms with van der Waals surface area (Å²) in [6.07, 6.45) is 4.58. The lowest BCUT2D eigenvalue weighted by atomic mass is 10.2. The van der Waals surface area contributed by atoms with Crippen molar-refractivity contribution in [3.05, 3.63) is 0 Å². The maximum Gasteiger partial charge on any atom is 0.222 e. The van der Waals surface area contributed by atoms with Crippen molar-refractivity contribution < 1.29 is 9.59 Å². The van der Waals surface area contributed by atoms with E-state index in [1.807, 2.05) is 48.6 Å². The lowest BCUT2D eigenvalue weighted by Gasteiger charge is -2.03. The standard InChI is InChI=1S/C6H13NO.C5H9NO.3C2H6.CH5N/c1-3-4-5-6(8)7-2;1-6-4-2-3-5(6)7;4*1-2/h3-5H2,1-2H3,(H,7,8);2-4H2,1H3;3*1-2H3;2H2,1H3. The van der Waals surface area contributed by atoms with Crippen LogP contribution in [0.2, 0.25) is 0 Å². The van der Waals surface area contributed by atoms with Gasteiger partial charge >= 0.3 is 0 Å². The Labute approximate surface area is 146 Å². The molecule has 1 saturated heterocycles. The van der Waals surface area contributed by atoms with Gasteiger partial charge in [-0.3, -0.25) is 9.59 Å². The summed E-state index contributed by atoms with van der Waals surface area (Å²) < 4.78 is 0. The summed E-state index contributed by atoms with van der Waals surface area (Å²) in [6.45, 7) is 15.0. The predicted molar refractivity (Wildman–Crippen MR) is 105 cm³/mol. The van der Waals surface area contributed by atoms with Crippen LogP contribution in [0.5, 0.6) is 0 Å². The molecule has 0 saturated carbocycles. The van der Waals surface area contributed by atoms with E-state index in [9.17, 15) is 9.59 Å². The third-order valence-corrected chi connectivity index (χ3v) is 2.35. The van der Waals surface area contributed by atoms with Gasteiger partial charge in [0.15, 0.2) is 0 Å². The second kappa shape index (κ2) is 37.3. The van der Waals surface area contributed by atoms with E-state index in [1.165, 1.54) is 7.05 Å². The normalized spacial score (nSPS) is 10.6. The van der Waals surface area contributed by atoms with Gasteiger partial charge in [0.05, 0.1) is 0 Å². The minimum Gasteiger partial charge on any atom is -0.359 e. The van der Waals surface area contributed by atoms with E-state index in [-0.39, 0.29) is 5.91 Å². The zero-order valence-electron chi connectivity index (χ0n) is 17.6. The number of hydrogen-bond acceptors (Lipinski definition) is 3. The minimum atomic E-state index is 0.145. The fraction of sp³-hybridized carbons (Fsp3) is 0.889. The van der Waals surface area contributed by atoms with Crippen molar-refractivity contribution in [3.63, 3.8) is 0 Å². The quantitative estimate of drug-likeness (QED) is 0.823. The van der Waals surface area contributed by atoms with Crippen LogP contribution in [-0.4, -0.2) is 44.4 Å². The van der Waals surface area contributed by atoms with Gasteiger partial charge in [-0.2, -0.15) is 0 Å². The molecule has 0 aromatic carbocycles. The van der Waals surface area contributed by atoms with Crippen LogP contribution in [0.1, 0.15) is 80.6 Å². The highest BCUT2D eigenvalue weighted by molar-refractivity contribution is 5.77. The Balaban J connectivity index is -0.0000000657. The van der Waals surface area contributed by atoms with Crippen LogP contribution in [0.4, 0.5) is 0 Å². The molecule has 5 nitrogen and oxygen atoms in total. The van der Waals surface area contributed by atoms with Crippen molar-refractivity contribution in [1.29, 1.82) is 0 Å². The molecular formula is C18H45N3O2. The molecule has 5 heteroatoms. The van der Waals surface area contributed by atoms with Crippen LogP contribution in [-0.2, 0) is 9.59 Å². The Kier molecular flexibility index (Phi) is 54.3. The number of carbonyl (C=O) groups excluding carboxylic acids is 2. The first-order valence-corrected chi connectivity index (χ1v) is 9.14. The fourth-order valence-electron chi connectivity index (χ4n) is 1.25. The average Bonchev–Trinajstić information content (AvgIpc) is 3.03. The van der Waals surface area contributed by atoms with Crippen LogP contribution in [0.25, 0.3) is 0 Å². The van der Waals surface area contributed by atoms with Crippen molar-refractivity contribution in [3.8, 4) is 0 Å². The number of hydrogen-bond donors (Lipinski definition) is 2. The Hall–Kier alpha value is -1.10. The first kappa shape index (κ1) is 33.5. The average molecular weight is 336 g/mol. The Morgan fingerprint density at radius 3 is 1.74 bits per heavy atom. The molecule has 1 aliphatic rings. The van der Waals surface area contributed by atoms with E-state index in [1.54, 1.807) is 11.9 Å². The molecule has 23 heavy (non-hydrogen) atoms. The lowest BCUT2D eigenvalue weighted by Crippen LogP contribution is -2.17. The van der Waals surface area contributed by atoms with Crippen LogP contribution in [0, 0.1) is 0 Å². The number of nitrogens with one attached hydrogen (secondary N) is 1. The Bertz CT molecular complexity index is 210. The van der Waals surface area contributed by atoms with Gasteiger partial charge in [0.2, 0.25) is 11.8 Å². The molecule has 0 bridgehead atoms. The highest BCUT2D eigenvalue weighted by Gasteiger charge is 2.14. The van der Waals surface area contributed by atoms with Crippen molar-refractivity contribution in [2.24, 2.45) is 5.73 Å². The van der Waals surface area contributed by atoms with Crippen LogP contribution < -0.4 is 11.1 Å². The molecular weight excluding hydrogens is 290 g/mol. The molecule has 0 spiro atoms. The molecule has 144 valence electrons. The highest BCUT2D eigenvalue weighted by Crippen LogP contribution is 2.04. The monoisotopic (exact) mass is 335 g/mol. The molecule has 0 aromatic heterocycles. The van der Waals surface area contributed by atoms with E-state index in [2.05, 4.69) is 18.0 Å². The minimum absolute atomic E-state index is 0.145. The molecule has 0 unspecified atom stereocenters. The molecule has 1 fully saturated rings. The van der Waals surface area contributed by atoms with E-state index in [4.69, 9.17) is 0 Å². The zero-order valence-corrected chi connectivity index (χ0v) is 17.6. The summed E-state index contributed by atoms with van der Waals surface area (Å²) >= 11 is 0. The molecule has 0 aromatic rings. The van der Waals surface area contributed by atoms with E-state index >= 15 is 0 Å². The Morgan fingerprint density at radius 1 is 1.13 bits per heavy atom. The van der Waals surface area contributed by atoms with E-state index in [0.29, 0.717) is 12.3 Å². The first-order valence-electron chi connectivity index (χ1n) is 9.14. The second-order valence-corrected chi connectivity index (χ2v) is 3.70. The molecule has 0 atom stereocenters. The van der Waals surface area contributed by atoms with E-state index < -0.39 is 0 Å². The Morgan fingerprint density at radius 2 is 1.57 bits per heavy atom. The molecule has 1 aliphatic heterocycles. The summed E-state index contributed by atoms with van der Waals surface area (Å²) in [7, 11) is 5.01. The molecule has 1 rings (SSSR count). The third-order valence-electron chi connectivity index (χ3n) is 2.35.